The van der Waals surface area contributed by atoms with Gasteiger partial charge in [0.1, 0.15) is 11.5 Å². The summed E-state index contributed by atoms with van der Waals surface area (Å²) in [6.45, 7) is 5.56. The predicted octanol–water partition coefficient (Wildman–Crippen LogP) is 1.28. The summed E-state index contributed by atoms with van der Waals surface area (Å²) in [4.78, 5) is 21.8. The molecule has 0 saturated carbocycles. The molecule has 0 aliphatic rings. The summed E-state index contributed by atoms with van der Waals surface area (Å²) >= 11 is 0. The second-order valence-corrected chi connectivity index (χ2v) is 3.61. The van der Waals surface area contributed by atoms with E-state index >= 15 is 0 Å². The van der Waals surface area contributed by atoms with Crippen molar-refractivity contribution in [1.82, 2.24) is 14.9 Å². The van der Waals surface area contributed by atoms with Crippen LogP contribution in [0.2, 0.25) is 0 Å². The molecule has 6 heteroatoms. The molecule has 96 valence electrons. The number of aromatic nitrogens is 2. The van der Waals surface area contributed by atoms with Crippen molar-refractivity contribution in [3.63, 3.8) is 0 Å². The highest BCUT2D eigenvalue weighted by Crippen LogP contribution is 2.04. The van der Waals surface area contributed by atoms with Crippen molar-refractivity contribution >= 4 is 11.7 Å². The first-order chi connectivity index (χ1) is 8.72. The van der Waals surface area contributed by atoms with E-state index in [-0.39, 0.29) is 5.91 Å². The van der Waals surface area contributed by atoms with Crippen molar-refractivity contribution in [2.75, 3.05) is 25.0 Å². The Bertz CT molecular complexity index is 423. The standard InChI is InChI=1S/C12H17N5O/c1-3-14-11-9-15-10(8-16-11)12(18)17(4-2)7-5-6-13/h8-9H,3-5,7H2,1-2H3,(H,14,16). The predicted molar refractivity (Wildman–Crippen MR) is 68.0 cm³/mol. The van der Waals surface area contributed by atoms with Gasteiger partial charge in [0.05, 0.1) is 24.9 Å². The van der Waals surface area contributed by atoms with Gasteiger partial charge < -0.3 is 10.2 Å². The Kier molecular flexibility index (Phi) is 5.58. The van der Waals surface area contributed by atoms with Crippen LogP contribution in [0.15, 0.2) is 12.4 Å². The second kappa shape index (κ2) is 7.22. The topological polar surface area (TPSA) is 81.9 Å². The van der Waals surface area contributed by atoms with Crippen LogP contribution < -0.4 is 5.32 Å². The largest absolute Gasteiger partial charge is 0.369 e. The van der Waals surface area contributed by atoms with Crippen molar-refractivity contribution in [3.05, 3.63) is 18.1 Å². The quantitative estimate of drug-likeness (QED) is 0.819. The number of carbonyl (C=O) groups is 1. The zero-order chi connectivity index (χ0) is 13.4. The van der Waals surface area contributed by atoms with Crippen LogP contribution in [0.4, 0.5) is 5.82 Å². The molecule has 1 amide bonds. The molecule has 1 N–H and O–H groups in total. The lowest BCUT2D eigenvalue weighted by atomic mass is 10.3. The number of nitrogens with zero attached hydrogens (tertiary/aromatic N) is 4. The fourth-order valence-electron chi connectivity index (χ4n) is 1.46. The van der Waals surface area contributed by atoms with Crippen LogP contribution in [0.1, 0.15) is 30.8 Å². The lowest BCUT2D eigenvalue weighted by Gasteiger charge is -2.18. The number of amides is 1. The first-order valence-electron chi connectivity index (χ1n) is 5.95. The molecule has 0 spiro atoms. The van der Waals surface area contributed by atoms with E-state index in [0.717, 1.165) is 6.54 Å². The maximum absolute atomic E-state index is 12.0. The van der Waals surface area contributed by atoms with Crippen LogP contribution in [0.25, 0.3) is 0 Å². The van der Waals surface area contributed by atoms with E-state index in [1.54, 1.807) is 4.90 Å². The van der Waals surface area contributed by atoms with E-state index in [9.17, 15) is 4.79 Å². The number of hydrogen-bond donors (Lipinski definition) is 1. The molecule has 0 atom stereocenters. The van der Waals surface area contributed by atoms with Gasteiger partial charge in [-0.15, -0.1) is 0 Å². The molecule has 0 radical (unpaired) electrons. The third-order valence-corrected chi connectivity index (χ3v) is 2.39. The highest BCUT2D eigenvalue weighted by molar-refractivity contribution is 5.92. The molecule has 0 aliphatic heterocycles. The third-order valence-electron chi connectivity index (χ3n) is 2.39. The van der Waals surface area contributed by atoms with E-state index in [1.165, 1.54) is 12.4 Å². The molecule has 1 aromatic rings. The third kappa shape index (κ3) is 3.70. The highest BCUT2D eigenvalue weighted by atomic mass is 16.2. The zero-order valence-electron chi connectivity index (χ0n) is 10.7. The lowest BCUT2D eigenvalue weighted by molar-refractivity contribution is 0.0761. The van der Waals surface area contributed by atoms with Crippen molar-refractivity contribution in [2.24, 2.45) is 0 Å². The Morgan fingerprint density at radius 3 is 2.72 bits per heavy atom. The van der Waals surface area contributed by atoms with Gasteiger partial charge in [0.2, 0.25) is 0 Å². The van der Waals surface area contributed by atoms with Crippen molar-refractivity contribution in [2.45, 2.75) is 20.3 Å². The molecule has 1 aromatic heterocycles. The molecular formula is C12H17N5O. The Balaban J connectivity index is 2.73. The molecule has 0 unspecified atom stereocenters. The van der Waals surface area contributed by atoms with Crippen molar-refractivity contribution < 1.29 is 4.79 Å². The molecule has 1 rings (SSSR count). The Labute approximate surface area is 107 Å². The van der Waals surface area contributed by atoms with Gasteiger partial charge in [-0.2, -0.15) is 5.26 Å². The molecule has 0 saturated heterocycles. The maximum Gasteiger partial charge on any atom is 0.274 e. The van der Waals surface area contributed by atoms with E-state index in [0.29, 0.717) is 31.0 Å². The Morgan fingerprint density at radius 1 is 1.44 bits per heavy atom. The van der Waals surface area contributed by atoms with Gasteiger partial charge in [-0.1, -0.05) is 0 Å². The molecule has 0 aliphatic carbocycles. The average Bonchev–Trinajstić information content (AvgIpc) is 2.40. The first kappa shape index (κ1) is 13.9. The van der Waals surface area contributed by atoms with E-state index in [2.05, 4.69) is 15.3 Å². The first-order valence-corrected chi connectivity index (χ1v) is 5.95. The normalized spacial score (nSPS) is 9.61. The fourth-order valence-corrected chi connectivity index (χ4v) is 1.46. The number of anilines is 1. The van der Waals surface area contributed by atoms with Gasteiger partial charge in [0.15, 0.2) is 0 Å². The average molecular weight is 247 g/mol. The molecule has 0 fully saturated rings. The number of hydrogen-bond acceptors (Lipinski definition) is 5. The van der Waals surface area contributed by atoms with Gasteiger partial charge in [0.25, 0.3) is 5.91 Å². The van der Waals surface area contributed by atoms with Gasteiger partial charge in [-0.3, -0.25) is 4.79 Å². The molecule has 6 nitrogen and oxygen atoms in total. The smallest absolute Gasteiger partial charge is 0.274 e. The second-order valence-electron chi connectivity index (χ2n) is 3.61. The number of carbonyl (C=O) groups excluding carboxylic acids is 1. The number of rotatable bonds is 6. The van der Waals surface area contributed by atoms with Crippen molar-refractivity contribution in [3.8, 4) is 6.07 Å². The van der Waals surface area contributed by atoms with Gasteiger partial charge in [-0.25, -0.2) is 9.97 Å². The molecular weight excluding hydrogens is 230 g/mol. The molecule has 0 bridgehead atoms. The summed E-state index contributed by atoms with van der Waals surface area (Å²) in [5, 5.41) is 11.5. The van der Waals surface area contributed by atoms with E-state index < -0.39 is 0 Å². The summed E-state index contributed by atoms with van der Waals surface area (Å²) in [6, 6.07) is 2.02. The highest BCUT2D eigenvalue weighted by Gasteiger charge is 2.15. The summed E-state index contributed by atoms with van der Waals surface area (Å²) < 4.78 is 0. The van der Waals surface area contributed by atoms with E-state index in [1.807, 2.05) is 19.9 Å². The lowest BCUT2D eigenvalue weighted by Crippen LogP contribution is -2.32. The van der Waals surface area contributed by atoms with Crippen LogP contribution in [0.3, 0.4) is 0 Å². The fraction of sp³-hybridized carbons (Fsp3) is 0.500. The number of nitriles is 1. The van der Waals surface area contributed by atoms with Crippen LogP contribution in [-0.4, -0.2) is 40.4 Å². The zero-order valence-corrected chi connectivity index (χ0v) is 10.7. The minimum Gasteiger partial charge on any atom is -0.369 e. The van der Waals surface area contributed by atoms with Gasteiger partial charge >= 0.3 is 0 Å². The van der Waals surface area contributed by atoms with Gasteiger partial charge in [-0.05, 0) is 13.8 Å². The molecule has 18 heavy (non-hydrogen) atoms. The summed E-state index contributed by atoms with van der Waals surface area (Å²) in [5.74, 6) is 0.456. The van der Waals surface area contributed by atoms with Crippen molar-refractivity contribution in [1.29, 1.82) is 5.26 Å². The van der Waals surface area contributed by atoms with Crippen LogP contribution in [0, 0.1) is 11.3 Å². The van der Waals surface area contributed by atoms with E-state index in [4.69, 9.17) is 5.26 Å². The number of nitrogens with one attached hydrogen (secondary N) is 1. The molecule has 0 aromatic carbocycles. The van der Waals surface area contributed by atoms with Crippen LogP contribution in [0.5, 0.6) is 0 Å². The summed E-state index contributed by atoms with van der Waals surface area (Å²) in [6.07, 6.45) is 3.31. The monoisotopic (exact) mass is 247 g/mol. The van der Waals surface area contributed by atoms with Crippen LogP contribution in [-0.2, 0) is 0 Å². The molecule has 1 heterocycles. The minimum absolute atomic E-state index is 0.191. The maximum atomic E-state index is 12.0. The summed E-state index contributed by atoms with van der Waals surface area (Å²) in [7, 11) is 0. The summed E-state index contributed by atoms with van der Waals surface area (Å²) in [5.41, 5.74) is 0.302. The SMILES string of the molecule is CCNc1cnc(C(=O)N(CC)CCC#N)cn1. The Hall–Kier alpha value is -2.16. The minimum atomic E-state index is -0.191. The Morgan fingerprint density at radius 2 is 2.22 bits per heavy atom. The van der Waals surface area contributed by atoms with Gasteiger partial charge in [0, 0.05) is 19.6 Å². The van der Waals surface area contributed by atoms with Crippen LogP contribution >= 0.6 is 0 Å².